The molecule has 0 aliphatic rings. The second-order valence-corrected chi connectivity index (χ2v) is 11.2. The summed E-state index contributed by atoms with van der Waals surface area (Å²) in [4.78, 5) is 41.9. The fraction of sp³-hybridized carbons (Fsp3) is 0.206. The Kier molecular flexibility index (Phi) is 10.9. The second-order valence-electron chi connectivity index (χ2n) is 9.85. The van der Waals surface area contributed by atoms with E-state index >= 15 is 0 Å². The highest BCUT2D eigenvalue weighted by atomic mass is 79.9. The molecular formula is C34H32BrClN2O3. The van der Waals surface area contributed by atoms with Gasteiger partial charge >= 0.3 is 0 Å². The van der Waals surface area contributed by atoms with E-state index in [9.17, 15) is 14.4 Å². The third-order valence-corrected chi connectivity index (χ3v) is 7.92. The summed E-state index contributed by atoms with van der Waals surface area (Å²) in [5.74, 6) is -3.57. The topological polar surface area (TPSA) is 75.3 Å². The SMILES string of the molecule is CC[C@@H](C(=O)c1ccc(Br)cc1)[C@H](c1ccc(Cl)cc1)C(C(=O)NCc1ccccc1)C(=O)NCc1ccccc1. The summed E-state index contributed by atoms with van der Waals surface area (Å²) in [5, 5.41) is 6.45. The molecule has 4 aromatic rings. The molecule has 0 saturated heterocycles. The molecule has 0 unspecified atom stereocenters. The van der Waals surface area contributed by atoms with Crippen molar-refractivity contribution in [2.45, 2.75) is 32.4 Å². The highest BCUT2D eigenvalue weighted by Gasteiger charge is 2.42. The van der Waals surface area contributed by atoms with E-state index in [0.29, 0.717) is 22.6 Å². The Morgan fingerprint density at radius 2 is 1.20 bits per heavy atom. The molecule has 210 valence electrons. The van der Waals surface area contributed by atoms with Crippen molar-refractivity contribution in [2.75, 3.05) is 0 Å². The lowest BCUT2D eigenvalue weighted by Crippen LogP contribution is -2.46. The van der Waals surface area contributed by atoms with Gasteiger partial charge in [0.25, 0.3) is 0 Å². The highest BCUT2D eigenvalue weighted by molar-refractivity contribution is 9.10. The molecule has 0 fully saturated rings. The molecule has 7 heteroatoms. The summed E-state index contributed by atoms with van der Waals surface area (Å²) in [7, 11) is 0. The summed E-state index contributed by atoms with van der Waals surface area (Å²) in [5.41, 5.74) is 3.03. The third-order valence-electron chi connectivity index (χ3n) is 7.14. The predicted molar refractivity (Wildman–Crippen MR) is 167 cm³/mol. The lowest BCUT2D eigenvalue weighted by molar-refractivity contribution is -0.137. The molecule has 0 radical (unpaired) electrons. The normalized spacial score (nSPS) is 12.4. The van der Waals surface area contributed by atoms with E-state index in [-0.39, 0.29) is 18.9 Å². The number of benzene rings is 4. The van der Waals surface area contributed by atoms with Crippen LogP contribution in [-0.4, -0.2) is 17.6 Å². The van der Waals surface area contributed by atoms with Crippen molar-refractivity contribution in [1.29, 1.82) is 0 Å². The fourth-order valence-electron chi connectivity index (χ4n) is 5.01. The van der Waals surface area contributed by atoms with Crippen molar-refractivity contribution in [3.8, 4) is 0 Å². The maximum atomic E-state index is 14.0. The molecule has 0 heterocycles. The Morgan fingerprint density at radius 3 is 1.66 bits per heavy atom. The Morgan fingerprint density at radius 1 is 0.707 bits per heavy atom. The molecule has 0 bridgehead atoms. The van der Waals surface area contributed by atoms with E-state index < -0.39 is 29.6 Å². The van der Waals surface area contributed by atoms with Crippen molar-refractivity contribution >= 4 is 45.1 Å². The molecule has 2 amide bonds. The molecule has 4 aromatic carbocycles. The van der Waals surface area contributed by atoms with Crippen LogP contribution in [0.1, 0.15) is 46.3 Å². The zero-order chi connectivity index (χ0) is 29.2. The van der Waals surface area contributed by atoms with Crippen LogP contribution in [0.5, 0.6) is 0 Å². The first-order chi connectivity index (χ1) is 19.9. The number of nitrogens with one attached hydrogen (secondary N) is 2. The molecule has 2 N–H and O–H groups in total. The number of amides is 2. The molecule has 0 aliphatic carbocycles. The number of halogens is 2. The number of carbonyl (C=O) groups is 3. The smallest absolute Gasteiger partial charge is 0.233 e. The summed E-state index contributed by atoms with van der Waals surface area (Å²) in [6, 6.07) is 33.2. The summed E-state index contributed by atoms with van der Waals surface area (Å²) in [6.07, 6.45) is 0.427. The monoisotopic (exact) mass is 630 g/mol. The molecular weight excluding hydrogens is 600 g/mol. The number of rotatable bonds is 12. The molecule has 0 aliphatic heterocycles. The van der Waals surface area contributed by atoms with Gasteiger partial charge in [-0.25, -0.2) is 0 Å². The maximum absolute atomic E-state index is 14.0. The van der Waals surface area contributed by atoms with E-state index in [1.54, 1.807) is 36.4 Å². The van der Waals surface area contributed by atoms with Crippen LogP contribution in [0, 0.1) is 11.8 Å². The molecule has 5 nitrogen and oxygen atoms in total. The maximum Gasteiger partial charge on any atom is 0.233 e. The Bertz CT molecular complexity index is 1390. The Hall–Kier alpha value is -3.74. The molecule has 0 aromatic heterocycles. The number of ketones is 1. The van der Waals surface area contributed by atoms with E-state index in [1.807, 2.05) is 79.7 Å². The number of hydrogen-bond acceptors (Lipinski definition) is 3. The Labute approximate surface area is 254 Å². The molecule has 0 saturated carbocycles. The van der Waals surface area contributed by atoms with E-state index in [1.165, 1.54) is 0 Å². The first kappa shape index (κ1) is 30.2. The standard InChI is InChI=1S/C34H32BrClN2O3/c1-2-29(32(39)26-13-17-27(35)18-14-26)30(25-15-19-28(36)20-16-25)31(33(40)37-21-23-9-5-3-6-10-23)34(41)38-22-24-11-7-4-8-12-24/h3-20,29-31H,2,21-22H2,1H3,(H,37,40)(H,38,41)/t29-,30+/m1/s1. The van der Waals surface area contributed by atoms with Crippen LogP contribution in [0.4, 0.5) is 0 Å². The third kappa shape index (κ3) is 8.15. The van der Waals surface area contributed by atoms with Gasteiger partial charge in [0.05, 0.1) is 0 Å². The van der Waals surface area contributed by atoms with Crippen molar-refractivity contribution in [1.82, 2.24) is 10.6 Å². The van der Waals surface area contributed by atoms with E-state index in [0.717, 1.165) is 15.6 Å². The van der Waals surface area contributed by atoms with Crippen LogP contribution in [0.2, 0.25) is 5.02 Å². The van der Waals surface area contributed by atoms with E-state index in [4.69, 9.17) is 11.6 Å². The number of Topliss-reactive ketones (excluding diaryl/α,β-unsaturated/α-hetero) is 1. The van der Waals surface area contributed by atoms with Crippen LogP contribution in [0.15, 0.2) is 114 Å². The molecule has 2 atom stereocenters. The van der Waals surface area contributed by atoms with E-state index in [2.05, 4.69) is 26.6 Å². The molecule has 41 heavy (non-hydrogen) atoms. The molecule has 4 rings (SSSR count). The average Bonchev–Trinajstić information content (AvgIpc) is 3.00. The first-order valence-electron chi connectivity index (χ1n) is 13.6. The number of hydrogen-bond donors (Lipinski definition) is 2. The van der Waals surface area contributed by atoms with Gasteiger partial charge in [-0.1, -0.05) is 119 Å². The second kappa shape index (κ2) is 14.8. The summed E-state index contributed by atoms with van der Waals surface area (Å²) in [6.45, 7) is 2.42. The first-order valence-corrected chi connectivity index (χ1v) is 14.7. The zero-order valence-electron chi connectivity index (χ0n) is 22.7. The molecule has 0 spiro atoms. The van der Waals surface area contributed by atoms with Crippen LogP contribution >= 0.6 is 27.5 Å². The predicted octanol–water partition coefficient (Wildman–Crippen LogP) is 7.34. The minimum absolute atomic E-state index is 0.128. The Balaban J connectivity index is 1.74. The number of carbonyl (C=O) groups excluding carboxylic acids is 3. The van der Waals surface area contributed by atoms with Crippen molar-refractivity contribution in [3.63, 3.8) is 0 Å². The lowest BCUT2D eigenvalue weighted by atomic mass is 9.72. The van der Waals surface area contributed by atoms with Gasteiger partial charge in [-0.05, 0) is 47.4 Å². The fourth-order valence-corrected chi connectivity index (χ4v) is 5.40. The average molecular weight is 632 g/mol. The van der Waals surface area contributed by atoms with Crippen molar-refractivity contribution in [3.05, 3.63) is 141 Å². The van der Waals surface area contributed by atoms with Gasteiger partial charge in [-0.2, -0.15) is 0 Å². The summed E-state index contributed by atoms with van der Waals surface area (Å²) < 4.78 is 0.856. The van der Waals surface area contributed by atoms with Gasteiger partial charge in [0.15, 0.2) is 5.78 Å². The van der Waals surface area contributed by atoms with Gasteiger partial charge in [0, 0.05) is 40.0 Å². The van der Waals surface area contributed by atoms with Crippen molar-refractivity contribution in [2.24, 2.45) is 11.8 Å². The van der Waals surface area contributed by atoms with Crippen LogP contribution < -0.4 is 10.6 Å². The van der Waals surface area contributed by atoms with Gasteiger partial charge in [0.2, 0.25) is 11.8 Å². The van der Waals surface area contributed by atoms with Crippen molar-refractivity contribution < 1.29 is 14.4 Å². The van der Waals surface area contributed by atoms with Crippen LogP contribution in [0.25, 0.3) is 0 Å². The van der Waals surface area contributed by atoms with Crippen LogP contribution in [-0.2, 0) is 22.7 Å². The highest BCUT2D eigenvalue weighted by Crippen LogP contribution is 2.38. The zero-order valence-corrected chi connectivity index (χ0v) is 25.1. The minimum atomic E-state index is -1.17. The van der Waals surface area contributed by atoms with Gasteiger partial charge < -0.3 is 10.6 Å². The summed E-state index contributed by atoms with van der Waals surface area (Å²) >= 11 is 9.64. The minimum Gasteiger partial charge on any atom is -0.351 e. The van der Waals surface area contributed by atoms with Gasteiger partial charge in [-0.3, -0.25) is 14.4 Å². The van der Waals surface area contributed by atoms with Gasteiger partial charge in [-0.15, -0.1) is 0 Å². The largest absolute Gasteiger partial charge is 0.351 e. The lowest BCUT2D eigenvalue weighted by Gasteiger charge is -2.32. The van der Waals surface area contributed by atoms with Crippen LogP contribution in [0.3, 0.4) is 0 Å². The van der Waals surface area contributed by atoms with Gasteiger partial charge in [0.1, 0.15) is 5.92 Å². The quantitative estimate of drug-likeness (QED) is 0.127.